The summed E-state index contributed by atoms with van der Waals surface area (Å²) in [6.45, 7) is 1.19. The van der Waals surface area contributed by atoms with Crippen molar-refractivity contribution in [2.45, 2.75) is 13.0 Å². The fraction of sp³-hybridized carbons (Fsp3) is 0.150. The SMILES string of the molecule is O=C(NN(CCc1ccc(O)cc1)Cc1ccncc1)c1cccnc1. The number of aromatic nitrogens is 2. The van der Waals surface area contributed by atoms with E-state index in [1.165, 1.54) is 0 Å². The predicted octanol–water partition coefficient (Wildman–Crippen LogP) is 2.57. The highest BCUT2D eigenvalue weighted by Crippen LogP contribution is 2.11. The molecule has 3 aromatic rings. The fourth-order valence-corrected chi connectivity index (χ4v) is 2.51. The van der Waals surface area contributed by atoms with E-state index in [0.29, 0.717) is 18.7 Å². The Morgan fingerprint density at radius 3 is 2.42 bits per heavy atom. The number of pyridine rings is 2. The van der Waals surface area contributed by atoms with Crippen LogP contribution < -0.4 is 5.43 Å². The van der Waals surface area contributed by atoms with Gasteiger partial charge >= 0.3 is 0 Å². The molecule has 0 bridgehead atoms. The second-order valence-corrected chi connectivity index (χ2v) is 5.88. The van der Waals surface area contributed by atoms with Gasteiger partial charge in [-0.2, -0.15) is 0 Å². The molecule has 2 N–H and O–H groups in total. The summed E-state index contributed by atoms with van der Waals surface area (Å²) in [6.07, 6.45) is 7.38. The minimum atomic E-state index is -0.196. The van der Waals surface area contributed by atoms with E-state index in [1.54, 1.807) is 49.1 Å². The molecule has 0 unspecified atom stereocenters. The molecule has 0 aliphatic carbocycles. The number of aromatic hydroxyl groups is 1. The van der Waals surface area contributed by atoms with Gasteiger partial charge < -0.3 is 5.11 Å². The Labute approximate surface area is 152 Å². The van der Waals surface area contributed by atoms with E-state index in [0.717, 1.165) is 17.5 Å². The molecule has 1 aromatic carbocycles. The molecule has 1 amide bonds. The van der Waals surface area contributed by atoms with Crippen molar-refractivity contribution in [2.75, 3.05) is 6.54 Å². The highest BCUT2D eigenvalue weighted by atomic mass is 16.3. The molecule has 132 valence electrons. The Morgan fingerprint density at radius 2 is 1.73 bits per heavy atom. The van der Waals surface area contributed by atoms with Gasteiger partial charge in [0, 0.05) is 37.9 Å². The van der Waals surface area contributed by atoms with Crippen LogP contribution in [0, 0.1) is 0 Å². The second kappa shape index (κ2) is 8.73. The Morgan fingerprint density at radius 1 is 0.962 bits per heavy atom. The molecule has 0 saturated carbocycles. The summed E-state index contributed by atoms with van der Waals surface area (Å²) >= 11 is 0. The minimum Gasteiger partial charge on any atom is -0.508 e. The van der Waals surface area contributed by atoms with Crippen molar-refractivity contribution in [3.63, 3.8) is 0 Å². The van der Waals surface area contributed by atoms with Crippen LogP contribution in [0.15, 0.2) is 73.3 Å². The van der Waals surface area contributed by atoms with Gasteiger partial charge in [0.1, 0.15) is 5.75 Å². The minimum absolute atomic E-state index is 0.196. The van der Waals surface area contributed by atoms with Gasteiger partial charge in [0.15, 0.2) is 0 Å². The van der Waals surface area contributed by atoms with Crippen molar-refractivity contribution in [2.24, 2.45) is 0 Å². The summed E-state index contributed by atoms with van der Waals surface area (Å²) in [5.74, 6) is 0.0464. The third-order valence-corrected chi connectivity index (χ3v) is 3.91. The standard InChI is InChI=1S/C20H20N4O2/c25-19-5-3-16(4-6-19)9-13-24(15-17-7-11-21-12-8-17)23-20(26)18-2-1-10-22-14-18/h1-8,10-12,14,25H,9,13,15H2,(H,23,26). The third-order valence-electron chi connectivity index (χ3n) is 3.91. The number of hydrogen-bond donors (Lipinski definition) is 2. The van der Waals surface area contributed by atoms with Crippen LogP contribution in [0.5, 0.6) is 5.75 Å². The van der Waals surface area contributed by atoms with E-state index in [4.69, 9.17) is 0 Å². The monoisotopic (exact) mass is 348 g/mol. The number of hydrazine groups is 1. The summed E-state index contributed by atoms with van der Waals surface area (Å²) in [4.78, 5) is 20.5. The first-order chi connectivity index (χ1) is 12.7. The maximum atomic E-state index is 12.5. The van der Waals surface area contributed by atoms with Gasteiger partial charge in [-0.3, -0.25) is 20.2 Å². The van der Waals surface area contributed by atoms with Gasteiger partial charge in [-0.1, -0.05) is 12.1 Å². The lowest BCUT2D eigenvalue weighted by Crippen LogP contribution is -2.42. The average Bonchev–Trinajstić information content (AvgIpc) is 2.69. The number of nitrogens with one attached hydrogen (secondary N) is 1. The molecule has 2 aromatic heterocycles. The number of phenols is 1. The first-order valence-corrected chi connectivity index (χ1v) is 8.33. The molecule has 6 nitrogen and oxygen atoms in total. The van der Waals surface area contributed by atoms with E-state index in [9.17, 15) is 9.90 Å². The third kappa shape index (κ3) is 5.12. The smallest absolute Gasteiger partial charge is 0.267 e. The lowest BCUT2D eigenvalue weighted by molar-refractivity contribution is 0.0776. The predicted molar refractivity (Wildman–Crippen MR) is 98.2 cm³/mol. The molecule has 2 heterocycles. The first kappa shape index (κ1) is 17.6. The zero-order chi connectivity index (χ0) is 18.2. The van der Waals surface area contributed by atoms with Gasteiger partial charge in [-0.15, -0.1) is 0 Å². The zero-order valence-corrected chi connectivity index (χ0v) is 14.2. The van der Waals surface area contributed by atoms with Crippen molar-refractivity contribution >= 4 is 5.91 Å². The average molecular weight is 348 g/mol. The number of rotatable bonds is 7. The van der Waals surface area contributed by atoms with Crippen molar-refractivity contribution in [1.29, 1.82) is 0 Å². The van der Waals surface area contributed by atoms with Gasteiger partial charge in [-0.25, -0.2) is 5.01 Å². The van der Waals surface area contributed by atoms with Crippen LogP contribution in [0.3, 0.4) is 0 Å². The Bertz CT molecular complexity index is 823. The summed E-state index contributed by atoms with van der Waals surface area (Å²) in [5, 5.41) is 11.3. The molecule has 3 rings (SSSR count). The number of nitrogens with zero attached hydrogens (tertiary/aromatic N) is 3. The lowest BCUT2D eigenvalue weighted by atomic mass is 10.1. The summed E-state index contributed by atoms with van der Waals surface area (Å²) < 4.78 is 0. The molecule has 0 spiro atoms. The summed E-state index contributed by atoms with van der Waals surface area (Å²) in [7, 11) is 0. The number of carbonyl (C=O) groups is 1. The largest absolute Gasteiger partial charge is 0.508 e. The van der Waals surface area contributed by atoms with Crippen LogP contribution in [0.25, 0.3) is 0 Å². The highest BCUT2D eigenvalue weighted by molar-refractivity contribution is 5.93. The van der Waals surface area contributed by atoms with Gasteiger partial charge in [0.05, 0.1) is 5.56 Å². The van der Waals surface area contributed by atoms with E-state index < -0.39 is 0 Å². The summed E-state index contributed by atoms with van der Waals surface area (Å²) in [5.41, 5.74) is 5.59. The number of phenolic OH excluding ortho intramolecular Hbond substituents is 1. The van der Waals surface area contributed by atoms with Crippen molar-refractivity contribution in [3.8, 4) is 5.75 Å². The molecule has 0 radical (unpaired) electrons. The molecule has 0 aliphatic rings. The molecule has 26 heavy (non-hydrogen) atoms. The maximum absolute atomic E-state index is 12.5. The topological polar surface area (TPSA) is 78.4 Å². The zero-order valence-electron chi connectivity index (χ0n) is 14.2. The summed E-state index contributed by atoms with van der Waals surface area (Å²) in [6, 6.07) is 14.4. The lowest BCUT2D eigenvalue weighted by Gasteiger charge is -2.23. The highest BCUT2D eigenvalue weighted by Gasteiger charge is 2.12. The van der Waals surface area contributed by atoms with Crippen LogP contribution in [0.1, 0.15) is 21.5 Å². The van der Waals surface area contributed by atoms with Crippen molar-refractivity contribution in [3.05, 3.63) is 90.0 Å². The Kier molecular flexibility index (Phi) is 5.90. The molecule has 6 heteroatoms. The van der Waals surface area contributed by atoms with E-state index in [1.807, 2.05) is 29.3 Å². The van der Waals surface area contributed by atoms with Crippen LogP contribution in [-0.4, -0.2) is 32.5 Å². The molecule has 0 fully saturated rings. The normalized spacial score (nSPS) is 10.7. The maximum Gasteiger partial charge on any atom is 0.267 e. The van der Waals surface area contributed by atoms with E-state index in [-0.39, 0.29) is 11.7 Å². The first-order valence-electron chi connectivity index (χ1n) is 8.33. The van der Waals surface area contributed by atoms with Gasteiger partial charge in [0.2, 0.25) is 0 Å². The molecule has 0 saturated heterocycles. The second-order valence-electron chi connectivity index (χ2n) is 5.88. The quantitative estimate of drug-likeness (QED) is 0.642. The molecule has 0 atom stereocenters. The Hall–Kier alpha value is -3.25. The van der Waals surface area contributed by atoms with Gasteiger partial charge in [-0.05, 0) is 53.9 Å². The number of amides is 1. The number of hydrogen-bond acceptors (Lipinski definition) is 5. The molecule has 0 aliphatic heterocycles. The van der Waals surface area contributed by atoms with E-state index in [2.05, 4.69) is 15.4 Å². The van der Waals surface area contributed by atoms with Crippen molar-refractivity contribution in [1.82, 2.24) is 20.4 Å². The van der Waals surface area contributed by atoms with Gasteiger partial charge in [0.25, 0.3) is 5.91 Å². The molecular formula is C20H20N4O2. The molecular weight excluding hydrogens is 328 g/mol. The van der Waals surface area contributed by atoms with Crippen LogP contribution in [-0.2, 0) is 13.0 Å². The van der Waals surface area contributed by atoms with Crippen LogP contribution in [0.2, 0.25) is 0 Å². The number of benzene rings is 1. The fourth-order valence-electron chi connectivity index (χ4n) is 2.51. The van der Waals surface area contributed by atoms with E-state index >= 15 is 0 Å². The van der Waals surface area contributed by atoms with Crippen LogP contribution >= 0.6 is 0 Å². The van der Waals surface area contributed by atoms with Crippen LogP contribution in [0.4, 0.5) is 0 Å². The van der Waals surface area contributed by atoms with Crippen molar-refractivity contribution < 1.29 is 9.90 Å². The number of carbonyl (C=O) groups excluding carboxylic acids is 1. The Balaban J connectivity index is 1.68.